The second kappa shape index (κ2) is 4.73. The van der Waals surface area contributed by atoms with Crippen LogP contribution in [0.3, 0.4) is 0 Å². The maximum Gasteiger partial charge on any atom is 0.417 e. The Morgan fingerprint density at radius 2 is 1.94 bits per heavy atom. The molecule has 0 aliphatic rings. The molecule has 0 saturated heterocycles. The highest BCUT2D eigenvalue weighted by molar-refractivity contribution is 7.90. The Bertz CT molecular complexity index is 582. The van der Waals surface area contributed by atoms with E-state index in [0.717, 1.165) is 12.1 Å². The molecule has 18 heavy (non-hydrogen) atoms. The van der Waals surface area contributed by atoms with Gasteiger partial charge >= 0.3 is 6.18 Å². The van der Waals surface area contributed by atoms with Crippen LogP contribution in [-0.4, -0.2) is 19.8 Å². The van der Waals surface area contributed by atoms with E-state index in [0.29, 0.717) is 12.3 Å². The van der Waals surface area contributed by atoms with Gasteiger partial charge in [-0.1, -0.05) is 0 Å². The Kier molecular flexibility index (Phi) is 3.86. The molecule has 0 unspecified atom stereocenters. The van der Waals surface area contributed by atoms with Gasteiger partial charge in [0.15, 0.2) is 14.9 Å². The molecule has 0 saturated carbocycles. The summed E-state index contributed by atoms with van der Waals surface area (Å²) in [6.07, 6.45) is -4.08. The number of rotatable bonds is 2. The van der Waals surface area contributed by atoms with Gasteiger partial charge in [-0.05, 0) is 30.4 Å². The first kappa shape index (κ1) is 14.7. The molecule has 0 aliphatic carbocycles. The van der Waals surface area contributed by atoms with Gasteiger partial charge in [0.25, 0.3) is 0 Å². The summed E-state index contributed by atoms with van der Waals surface area (Å²) in [5.41, 5.74) is 3.84. The lowest BCUT2D eigenvalue weighted by atomic mass is 10.2. The second-order valence-electron chi connectivity index (χ2n) is 3.47. The van der Waals surface area contributed by atoms with Crippen molar-refractivity contribution in [3.8, 4) is 0 Å². The number of halogens is 3. The first-order chi connectivity index (χ1) is 8.01. The molecular formula is C9H9F3N2O2S2. The third-order valence-corrected chi connectivity index (χ3v) is 3.21. The van der Waals surface area contributed by atoms with Crippen molar-refractivity contribution in [3.63, 3.8) is 0 Å². The molecule has 1 aromatic rings. The predicted octanol–water partition coefficient (Wildman–Crippen LogP) is 1.76. The maximum atomic E-state index is 12.7. The van der Waals surface area contributed by atoms with Crippen molar-refractivity contribution in [2.24, 2.45) is 5.73 Å². The summed E-state index contributed by atoms with van der Waals surface area (Å²) in [4.78, 5) is -0.788. The van der Waals surface area contributed by atoms with Gasteiger partial charge in [-0.3, -0.25) is 0 Å². The van der Waals surface area contributed by atoms with Gasteiger partial charge in [-0.15, -0.1) is 0 Å². The monoisotopic (exact) mass is 298 g/mol. The summed E-state index contributed by atoms with van der Waals surface area (Å²) in [5.74, 6) is 0. The van der Waals surface area contributed by atoms with E-state index in [2.05, 4.69) is 17.5 Å². The molecule has 9 heteroatoms. The van der Waals surface area contributed by atoms with E-state index >= 15 is 0 Å². The largest absolute Gasteiger partial charge is 0.417 e. The van der Waals surface area contributed by atoms with Crippen LogP contribution in [0.25, 0.3) is 0 Å². The summed E-state index contributed by atoms with van der Waals surface area (Å²) in [6.45, 7) is 0. The molecule has 0 spiro atoms. The SMILES string of the molecule is CS(=O)(=O)c1ccc(NC(N)=S)cc1C(F)(F)F. The lowest BCUT2D eigenvalue weighted by Gasteiger charge is -2.13. The number of hydrogen-bond donors (Lipinski definition) is 2. The molecule has 1 aromatic carbocycles. The number of benzene rings is 1. The number of alkyl halides is 3. The Morgan fingerprint density at radius 3 is 2.33 bits per heavy atom. The van der Waals surface area contributed by atoms with Crippen molar-refractivity contribution in [2.75, 3.05) is 11.6 Å². The van der Waals surface area contributed by atoms with E-state index in [1.807, 2.05) is 0 Å². The number of hydrogen-bond acceptors (Lipinski definition) is 3. The average molecular weight is 298 g/mol. The van der Waals surface area contributed by atoms with Gasteiger partial charge in [-0.25, -0.2) is 8.42 Å². The Balaban J connectivity index is 3.44. The van der Waals surface area contributed by atoms with Gasteiger partial charge in [0.1, 0.15) is 0 Å². The number of nitrogens with one attached hydrogen (secondary N) is 1. The van der Waals surface area contributed by atoms with E-state index in [1.54, 1.807) is 0 Å². The van der Waals surface area contributed by atoms with Crippen molar-refractivity contribution in [3.05, 3.63) is 23.8 Å². The van der Waals surface area contributed by atoms with E-state index in [9.17, 15) is 21.6 Å². The van der Waals surface area contributed by atoms with Crippen LogP contribution in [0.1, 0.15) is 5.56 Å². The fourth-order valence-corrected chi connectivity index (χ4v) is 2.30. The van der Waals surface area contributed by atoms with Crippen molar-refractivity contribution < 1.29 is 21.6 Å². The Morgan fingerprint density at radius 1 is 1.39 bits per heavy atom. The zero-order chi connectivity index (χ0) is 14.1. The van der Waals surface area contributed by atoms with E-state index in [-0.39, 0.29) is 10.8 Å². The quantitative estimate of drug-likeness (QED) is 0.814. The second-order valence-corrected chi connectivity index (χ2v) is 5.89. The molecular weight excluding hydrogens is 289 g/mol. The molecule has 0 bridgehead atoms. The molecule has 0 amide bonds. The van der Waals surface area contributed by atoms with E-state index in [4.69, 9.17) is 5.73 Å². The minimum Gasteiger partial charge on any atom is -0.376 e. The molecule has 0 aliphatic heterocycles. The number of sulfone groups is 1. The van der Waals surface area contributed by atoms with Crippen molar-refractivity contribution >= 4 is 32.9 Å². The van der Waals surface area contributed by atoms with Gasteiger partial charge in [-0.2, -0.15) is 13.2 Å². The molecule has 0 atom stereocenters. The van der Waals surface area contributed by atoms with Crippen molar-refractivity contribution in [1.29, 1.82) is 0 Å². The summed E-state index contributed by atoms with van der Waals surface area (Å²) >= 11 is 4.49. The van der Waals surface area contributed by atoms with E-state index < -0.39 is 26.5 Å². The highest BCUT2D eigenvalue weighted by Crippen LogP contribution is 2.35. The predicted molar refractivity (Wildman–Crippen MR) is 65.0 cm³/mol. The fourth-order valence-electron chi connectivity index (χ4n) is 1.29. The number of anilines is 1. The van der Waals surface area contributed by atoms with Crippen LogP contribution in [0.15, 0.2) is 23.1 Å². The highest BCUT2D eigenvalue weighted by Gasteiger charge is 2.36. The fraction of sp³-hybridized carbons (Fsp3) is 0.222. The van der Waals surface area contributed by atoms with Crippen LogP contribution in [0.4, 0.5) is 18.9 Å². The van der Waals surface area contributed by atoms with Gasteiger partial charge in [0.05, 0.1) is 10.5 Å². The molecule has 100 valence electrons. The normalized spacial score (nSPS) is 12.2. The molecule has 0 heterocycles. The topological polar surface area (TPSA) is 72.2 Å². The first-order valence-electron chi connectivity index (χ1n) is 4.49. The third kappa shape index (κ3) is 3.57. The minimum absolute atomic E-state index is 0.0257. The van der Waals surface area contributed by atoms with Gasteiger partial charge in [0.2, 0.25) is 0 Å². The first-order valence-corrected chi connectivity index (χ1v) is 6.79. The Hall–Kier alpha value is -1.35. The van der Waals surface area contributed by atoms with Gasteiger partial charge in [0, 0.05) is 11.9 Å². The summed E-state index contributed by atoms with van der Waals surface area (Å²) in [5, 5.41) is 2.10. The maximum absolute atomic E-state index is 12.7. The summed E-state index contributed by atoms with van der Waals surface area (Å²) < 4.78 is 60.7. The standard InChI is InChI=1S/C9H9F3N2O2S2/c1-18(15,16)7-3-2-5(14-8(13)17)4-6(7)9(10,11)12/h2-4H,1H3,(H3,13,14,17). The number of thiocarbonyl (C=S) groups is 1. The van der Waals surface area contributed by atoms with Crippen LogP contribution < -0.4 is 11.1 Å². The van der Waals surface area contributed by atoms with Crippen LogP contribution in [0.5, 0.6) is 0 Å². The van der Waals surface area contributed by atoms with E-state index in [1.165, 1.54) is 0 Å². The lowest BCUT2D eigenvalue weighted by Crippen LogP contribution is -2.20. The summed E-state index contributed by atoms with van der Waals surface area (Å²) in [6, 6.07) is 2.67. The average Bonchev–Trinajstić information content (AvgIpc) is 2.13. The van der Waals surface area contributed by atoms with Gasteiger partial charge < -0.3 is 11.1 Å². The zero-order valence-corrected chi connectivity index (χ0v) is 10.7. The third-order valence-electron chi connectivity index (χ3n) is 1.95. The smallest absolute Gasteiger partial charge is 0.376 e. The minimum atomic E-state index is -4.79. The molecule has 3 N–H and O–H groups in total. The summed E-state index contributed by atoms with van der Waals surface area (Å²) in [7, 11) is -3.97. The van der Waals surface area contributed by atoms with Crippen LogP contribution >= 0.6 is 12.2 Å². The van der Waals surface area contributed by atoms with Crippen molar-refractivity contribution in [2.45, 2.75) is 11.1 Å². The van der Waals surface area contributed by atoms with Crippen molar-refractivity contribution in [1.82, 2.24) is 0 Å². The van der Waals surface area contributed by atoms with Crippen LogP contribution in [0.2, 0.25) is 0 Å². The van der Waals surface area contributed by atoms with Crippen LogP contribution in [0, 0.1) is 0 Å². The molecule has 0 radical (unpaired) electrons. The van der Waals surface area contributed by atoms with Crippen LogP contribution in [-0.2, 0) is 16.0 Å². The highest BCUT2D eigenvalue weighted by atomic mass is 32.2. The molecule has 1 rings (SSSR count). The molecule has 0 aromatic heterocycles. The zero-order valence-electron chi connectivity index (χ0n) is 9.08. The Labute approximate surface area is 107 Å². The molecule has 4 nitrogen and oxygen atoms in total. The lowest BCUT2D eigenvalue weighted by molar-refractivity contribution is -0.139. The molecule has 0 fully saturated rings. The number of nitrogens with two attached hydrogens (primary N) is 1.